The number of thioether (sulfide) groups is 1. The van der Waals surface area contributed by atoms with Gasteiger partial charge in [0.05, 0.1) is 19.0 Å². The third kappa shape index (κ3) is 4.72. The number of carbonyl (C=O) groups is 1. The van der Waals surface area contributed by atoms with Crippen molar-refractivity contribution in [3.05, 3.63) is 54.2 Å². The van der Waals surface area contributed by atoms with Crippen LogP contribution < -0.4 is 10.2 Å². The first-order chi connectivity index (χ1) is 11.8. The van der Waals surface area contributed by atoms with Crippen LogP contribution in [0.25, 0.3) is 0 Å². The molecule has 0 radical (unpaired) electrons. The van der Waals surface area contributed by atoms with Crippen molar-refractivity contribution >= 4 is 23.5 Å². The summed E-state index contributed by atoms with van der Waals surface area (Å²) >= 11 is 1.54. The van der Waals surface area contributed by atoms with Crippen LogP contribution in [0.1, 0.15) is 5.56 Å². The van der Waals surface area contributed by atoms with Gasteiger partial charge in [0.1, 0.15) is 5.82 Å². The Balaban J connectivity index is 1.53. The number of aromatic nitrogens is 1. The van der Waals surface area contributed by atoms with Crippen molar-refractivity contribution in [3.63, 3.8) is 0 Å². The molecular weight excluding hydrogens is 322 g/mol. The van der Waals surface area contributed by atoms with Gasteiger partial charge in [-0.05, 0) is 18.2 Å². The van der Waals surface area contributed by atoms with Crippen molar-refractivity contribution in [2.45, 2.75) is 11.4 Å². The fourth-order valence-corrected chi connectivity index (χ4v) is 3.29. The number of nitrogens with zero attached hydrogens (tertiary/aromatic N) is 2. The zero-order valence-corrected chi connectivity index (χ0v) is 14.3. The quantitative estimate of drug-likeness (QED) is 0.816. The first kappa shape index (κ1) is 16.8. The number of benzene rings is 1. The lowest BCUT2D eigenvalue weighted by molar-refractivity contribution is -0.118. The van der Waals surface area contributed by atoms with E-state index < -0.39 is 0 Å². The Morgan fingerprint density at radius 1 is 1.17 bits per heavy atom. The van der Waals surface area contributed by atoms with Crippen molar-refractivity contribution in [2.24, 2.45) is 0 Å². The summed E-state index contributed by atoms with van der Waals surface area (Å²) in [4.78, 5) is 19.9. The van der Waals surface area contributed by atoms with Crippen LogP contribution in [0.3, 0.4) is 0 Å². The fraction of sp³-hybridized carbons (Fsp3) is 0.333. The Bertz CT molecular complexity index is 660. The standard InChI is InChI=1S/C18H21N3O2S/c22-17(14-24-16-6-2-1-3-7-16)20-13-15-5-4-8-19-18(15)21-9-11-23-12-10-21/h1-8H,9-14H2,(H,20,22). The van der Waals surface area contributed by atoms with E-state index in [4.69, 9.17) is 4.74 Å². The second-order valence-electron chi connectivity index (χ2n) is 5.46. The highest BCUT2D eigenvalue weighted by Gasteiger charge is 2.16. The molecule has 6 heteroatoms. The number of nitrogens with one attached hydrogen (secondary N) is 1. The summed E-state index contributed by atoms with van der Waals surface area (Å²) in [7, 11) is 0. The molecule has 3 rings (SSSR count). The molecule has 0 saturated carbocycles. The molecule has 1 aromatic carbocycles. The summed E-state index contributed by atoms with van der Waals surface area (Å²) in [6.45, 7) is 3.60. The molecule has 2 aromatic rings. The summed E-state index contributed by atoms with van der Waals surface area (Å²) in [5.41, 5.74) is 1.04. The molecule has 24 heavy (non-hydrogen) atoms. The monoisotopic (exact) mass is 343 g/mol. The highest BCUT2D eigenvalue weighted by atomic mass is 32.2. The summed E-state index contributed by atoms with van der Waals surface area (Å²) in [5, 5.41) is 2.99. The molecule has 0 atom stereocenters. The number of ether oxygens (including phenoxy) is 1. The second kappa shape index (κ2) is 8.70. The smallest absolute Gasteiger partial charge is 0.230 e. The molecule has 1 fully saturated rings. The minimum atomic E-state index is 0.0284. The lowest BCUT2D eigenvalue weighted by Gasteiger charge is -2.29. The van der Waals surface area contributed by atoms with Crippen LogP contribution in [0.5, 0.6) is 0 Å². The van der Waals surface area contributed by atoms with Gasteiger partial charge in [-0.3, -0.25) is 4.79 Å². The Kier molecular flexibility index (Phi) is 6.09. The molecule has 1 saturated heterocycles. The molecule has 1 aliphatic heterocycles. The number of pyridine rings is 1. The van der Waals surface area contributed by atoms with Gasteiger partial charge in [0, 0.05) is 36.3 Å². The normalized spacial score (nSPS) is 14.4. The fourth-order valence-electron chi connectivity index (χ4n) is 2.54. The zero-order chi connectivity index (χ0) is 16.6. The summed E-state index contributed by atoms with van der Waals surface area (Å²) in [6.07, 6.45) is 1.79. The molecule has 2 heterocycles. The molecule has 126 valence electrons. The number of anilines is 1. The maximum atomic E-state index is 12.1. The van der Waals surface area contributed by atoms with Gasteiger partial charge in [0.15, 0.2) is 0 Å². The number of hydrogen-bond donors (Lipinski definition) is 1. The number of rotatable bonds is 6. The minimum Gasteiger partial charge on any atom is -0.378 e. The van der Waals surface area contributed by atoms with Crippen LogP contribution in [0, 0.1) is 0 Å². The van der Waals surface area contributed by atoms with E-state index in [-0.39, 0.29) is 5.91 Å². The number of carbonyl (C=O) groups excluding carboxylic acids is 1. The highest BCUT2D eigenvalue weighted by Crippen LogP contribution is 2.19. The van der Waals surface area contributed by atoms with E-state index in [9.17, 15) is 4.79 Å². The van der Waals surface area contributed by atoms with Gasteiger partial charge in [-0.15, -0.1) is 11.8 Å². The van der Waals surface area contributed by atoms with E-state index >= 15 is 0 Å². The topological polar surface area (TPSA) is 54.5 Å². The third-order valence-corrected chi connectivity index (χ3v) is 4.78. The molecule has 0 unspecified atom stereocenters. The second-order valence-corrected chi connectivity index (χ2v) is 6.51. The lowest BCUT2D eigenvalue weighted by Crippen LogP contribution is -2.38. The molecule has 1 amide bonds. The van der Waals surface area contributed by atoms with E-state index in [1.54, 1.807) is 18.0 Å². The number of morpholine rings is 1. The van der Waals surface area contributed by atoms with Crippen LogP contribution in [0.2, 0.25) is 0 Å². The van der Waals surface area contributed by atoms with Gasteiger partial charge in [0.2, 0.25) is 5.91 Å². The molecule has 1 aromatic heterocycles. The SMILES string of the molecule is O=C(CSc1ccccc1)NCc1cccnc1N1CCOCC1. The minimum absolute atomic E-state index is 0.0284. The van der Waals surface area contributed by atoms with Crippen LogP contribution in [0.4, 0.5) is 5.82 Å². The van der Waals surface area contributed by atoms with E-state index in [1.807, 2.05) is 42.5 Å². The van der Waals surface area contributed by atoms with Crippen molar-refractivity contribution in [2.75, 3.05) is 37.0 Å². The van der Waals surface area contributed by atoms with Gasteiger partial charge in [-0.1, -0.05) is 24.3 Å². The van der Waals surface area contributed by atoms with Crippen molar-refractivity contribution in [1.29, 1.82) is 0 Å². The lowest BCUT2D eigenvalue weighted by atomic mass is 10.2. The van der Waals surface area contributed by atoms with Crippen molar-refractivity contribution < 1.29 is 9.53 Å². The number of hydrogen-bond acceptors (Lipinski definition) is 5. The van der Waals surface area contributed by atoms with E-state index in [2.05, 4.69) is 15.2 Å². The van der Waals surface area contributed by atoms with E-state index in [0.29, 0.717) is 12.3 Å². The predicted octanol–water partition coefficient (Wildman–Crippen LogP) is 2.33. The molecular formula is C18H21N3O2S. The summed E-state index contributed by atoms with van der Waals surface area (Å²) in [5.74, 6) is 1.38. The first-order valence-electron chi connectivity index (χ1n) is 8.04. The molecule has 0 aliphatic carbocycles. The van der Waals surface area contributed by atoms with Crippen LogP contribution in [0.15, 0.2) is 53.6 Å². The van der Waals surface area contributed by atoms with Crippen molar-refractivity contribution in [3.8, 4) is 0 Å². The zero-order valence-electron chi connectivity index (χ0n) is 13.5. The van der Waals surface area contributed by atoms with Crippen LogP contribution in [-0.2, 0) is 16.1 Å². The average molecular weight is 343 g/mol. The van der Waals surface area contributed by atoms with Gasteiger partial charge < -0.3 is 15.0 Å². The summed E-state index contributed by atoms with van der Waals surface area (Å²) in [6, 6.07) is 13.9. The Morgan fingerprint density at radius 3 is 2.75 bits per heavy atom. The third-order valence-electron chi connectivity index (χ3n) is 3.77. The first-order valence-corrected chi connectivity index (χ1v) is 9.02. The van der Waals surface area contributed by atoms with Gasteiger partial charge >= 0.3 is 0 Å². The maximum absolute atomic E-state index is 12.1. The van der Waals surface area contributed by atoms with Crippen LogP contribution >= 0.6 is 11.8 Å². The van der Waals surface area contributed by atoms with Gasteiger partial charge in [-0.25, -0.2) is 4.98 Å². The molecule has 0 spiro atoms. The van der Waals surface area contributed by atoms with Crippen molar-refractivity contribution in [1.82, 2.24) is 10.3 Å². The molecule has 1 aliphatic rings. The Labute approximate surface area is 146 Å². The average Bonchev–Trinajstić information content (AvgIpc) is 2.66. The van der Waals surface area contributed by atoms with Gasteiger partial charge in [0.25, 0.3) is 0 Å². The van der Waals surface area contributed by atoms with E-state index in [1.165, 1.54) is 0 Å². The Morgan fingerprint density at radius 2 is 1.96 bits per heavy atom. The predicted molar refractivity (Wildman–Crippen MR) is 96.3 cm³/mol. The molecule has 5 nitrogen and oxygen atoms in total. The molecule has 1 N–H and O–H groups in total. The summed E-state index contributed by atoms with van der Waals surface area (Å²) < 4.78 is 5.39. The van der Waals surface area contributed by atoms with Crippen LogP contribution in [-0.4, -0.2) is 42.9 Å². The number of amides is 1. The van der Waals surface area contributed by atoms with Gasteiger partial charge in [-0.2, -0.15) is 0 Å². The van der Waals surface area contributed by atoms with E-state index in [0.717, 1.165) is 42.6 Å². The largest absolute Gasteiger partial charge is 0.378 e. The molecule has 0 bridgehead atoms. The highest BCUT2D eigenvalue weighted by molar-refractivity contribution is 8.00. The Hall–Kier alpha value is -2.05. The maximum Gasteiger partial charge on any atom is 0.230 e.